The van der Waals surface area contributed by atoms with Gasteiger partial charge in [0.2, 0.25) is 0 Å². The van der Waals surface area contributed by atoms with E-state index in [1.165, 1.54) is 0 Å². The SMILES string of the molecule is CC(C)C(C)n1cc(-c2cc(N3CCOCC3)ncn2)c2[nH]nc(N)c2c1=O. The van der Waals surface area contributed by atoms with Gasteiger partial charge in [-0.15, -0.1) is 0 Å². The summed E-state index contributed by atoms with van der Waals surface area (Å²) < 4.78 is 7.15. The number of pyridine rings is 1. The fourth-order valence-electron chi connectivity index (χ4n) is 3.44. The van der Waals surface area contributed by atoms with Crippen LogP contribution in [0.1, 0.15) is 26.8 Å². The maximum atomic E-state index is 13.0. The molecule has 0 amide bonds. The maximum absolute atomic E-state index is 13.0. The quantitative estimate of drug-likeness (QED) is 0.706. The molecule has 1 aliphatic rings. The van der Waals surface area contributed by atoms with E-state index in [-0.39, 0.29) is 23.3 Å². The maximum Gasteiger partial charge on any atom is 0.264 e. The Bertz CT molecular complexity index is 1050. The minimum absolute atomic E-state index is 0.00509. The number of hydrogen-bond acceptors (Lipinski definition) is 7. The zero-order valence-corrected chi connectivity index (χ0v) is 16.3. The van der Waals surface area contributed by atoms with Crippen molar-refractivity contribution in [3.8, 4) is 11.3 Å². The third-order valence-electron chi connectivity index (χ3n) is 5.45. The molecule has 3 aromatic rings. The second-order valence-electron chi connectivity index (χ2n) is 7.46. The monoisotopic (exact) mass is 383 g/mol. The van der Waals surface area contributed by atoms with E-state index in [9.17, 15) is 4.79 Å². The first-order valence-corrected chi connectivity index (χ1v) is 9.51. The Morgan fingerprint density at radius 3 is 2.68 bits per heavy atom. The van der Waals surface area contributed by atoms with E-state index in [0.717, 1.165) is 30.2 Å². The van der Waals surface area contributed by atoms with Gasteiger partial charge >= 0.3 is 0 Å². The highest BCUT2D eigenvalue weighted by atomic mass is 16.5. The molecule has 0 bridgehead atoms. The number of hydrogen-bond donors (Lipinski definition) is 2. The van der Waals surface area contributed by atoms with E-state index < -0.39 is 0 Å². The van der Waals surface area contributed by atoms with Crippen molar-refractivity contribution >= 4 is 22.5 Å². The van der Waals surface area contributed by atoms with E-state index in [2.05, 4.69) is 38.9 Å². The van der Waals surface area contributed by atoms with E-state index in [1.807, 2.05) is 19.2 Å². The molecule has 3 aromatic heterocycles. The molecule has 1 unspecified atom stereocenters. The molecule has 3 N–H and O–H groups in total. The van der Waals surface area contributed by atoms with Crippen LogP contribution in [0.2, 0.25) is 0 Å². The second-order valence-corrected chi connectivity index (χ2v) is 7.46. The van der Waals surface area contributed by atoms with Gasteiger partial charge in [-0.2, -0.15) is 5.10 Å². The summed E-state index contributed by atoms with van der Waals surface area (Å²) in [5.41, 5.74) is 7.96. The Hall–Kier alpha value is -2.94. The predicted octanol–water partition coefficient (Wildman–Crippen LogP) is 1.82. The van der Waals surface area contributed by atoms with Crippen molar-refractivity contribution in [3.05, 3.63) is 28.9 Å². The Labute approximate surface area is 162 Å². The average Bonchev–Trinajstić information content (AvgIpc) is 3.11. The van der Waals surface area contributed by atoms with Crippen LogP contribution in [-0.4, -0.2) is 51.0 Å². The molecule has 4 heterocycles. The first kappa shape index (κ1) is 18.4. The molecule has 9 heteroatoms. The number of morpholine rings is 1. The standard InChI is InChI=1S/C19H25N7O2/c1-11(2)12(3)26-9-13(17-16(19(26)27)18(20)24-23-17)14-8-15(22-10-21-14)25-4-6-28-7-5-25/h8-12H,4-7H2,1-3H3,(H3,20,23,24). The number of nitrogens with one attached hydrogen (secondary N) is 1. The number of H-pyrrole nitrogens is 1. The molecule has 4 rings (SSSR count). The van der Waals surface area contributed by atoms with Gasteiger partial charge in [-0.25, -0.2) is 9.97 Å². The van der Waals surface area contributed by atoms with Crippen LogP contribution in [0.5, 0.6) is 0 Å². The number of aromatic amines is 1. The minimum atomic E-state index is -0.145. The molecule has 0 radical (unpaired) electrons. The van der Waals surface area contributed by atoms with Crippen LogP contribution < -0.4 is 16.2 Å². The molecule has 0 aromatic carbocycles. The number of fused-ring (bicyclic) bond motifs is 1. The van der Waals surface area contributed by atoms with Gasteiger partial charge in [-0.05, 0) is 12.8 Å². The molecular formula is C19H25N7O2. The molecule has 148 valence electrons. The van der Waals surface area contributed by atoms with E-state index in [4.69, 9.17) is 10.5 Å². The van der Waals surface area contributed by atoms with Gasteiger partial charge in [0.1, 0.15) is 17.5 Å². The fraction of sp³-hybridized carbons (Fsp3) is 0.474. The van der Waals surface area contributed by atoms with Crippen molar-refractivity contribution < 1.29 is 4.74 Å². The number of nitrogens with two attached hydrogens (primary N) is 1. The third kappa shape index (κ3) is 3.11. The van der Waals surface area contributed by atoms with Gasteiger partial charge in [0.05, 0.1) is 24.4 Å². The molecule has 1 atom stereocenters. The van der Waals surface area contributed by atoms with Crippen molar-refractivity contribution in [1.29, 1.82) is 0 Å². The lowest BCUT2D eigenvalue weighted by Crippen LogP contribution is -2.36. The zero-order valence-electron chi connectivity index (χ0n) is 16.3. The highest BCUT2D eigenvalue weighted by Crippen LogP contribution is 2.29. The molecule has 0 spiro atoms. The summed E-state index contributed by atoms with van der Waals surface area (Å²) in [7, 11) is 0. The van der Waals surface area contributed by atoms with Crippen LogP contribution in [0.25, 0.3) is 22.2 Å². The number of nitrogen functional groups attached to an aromatic ring is 1. The Kier molecular flexibility index (Phi) is 4.76. The topological polar surface area (TPSA) is 115 Å². The molecule has 28 heavy (non-hydrogen) atoms. The largest absolute Gasteiger partial charge is 0.382 e. The van der Waals surface area contributed by atoms with Crippen LogP contribution in [0.4, 0.5) is 11.6 Å². The number of anilines is 2. The summed E-state index contributed by atoms with van der Waals surface area (Å²) in [4.78, 5) is 24.1. The fourth-order valence-corrected chi connectivity index (χ4v) is 3.44. The van der Waals surface area contributed by atoms with Crippen LogP contribution in [-0.2, 0) is 4.74 Å². The zero-order chi connectivity index (χ0) is 19.8. The van der Waals surface area contributed by atoms with Crippen LogP contribution in [0, 0.1) is 5.92 Å². The highest BCUT2D eigenvalue weighted by molar-refractivity contribution is 5.97. The van der Waals surface area contributed by atoms with Crippen molar-refractivity contribution in [2.75, 3.05) is 36.9 Å². The van der Waals surface area contributed by atoms with Crippen molar-refractivity contribution in [2.24, 2.45) is 5.92 Å². The lowest BCUT2D eigenvalue weighted by molar-refractivity contribution is 0.122. The number of aromatic nitrogens is 5. The number of ether oxygens (including phenoxy) is 1. The Balaban J connectivity index is 1.89. The molecular weight excluding hydrogens is 358 g/mol. The Morgan fingerprint density at radius 2 is 1.96 bits per heavy atom. The summed E-state index contributed by atoms with van der Waals surface area (Å²) in [6.07, 6.45) is 3.39. The summed E-state index contributed by atoms with van der Waals surface area (Å²) in [6.45, 7) is 9.12. The van der Waals surface area contributed by atoms with Gasteiger partial charge in [-0.3, -0.25) is 9.89 Å². The summed E-state index contributed by atoms with van der Waals surface area (Å²) in [5, 5.41) is 7.38. The first-order chi connectivity index (χ1) is 13.5. The summed E-state index contributed by atoms with van der Waals surface area (Å²) in [5.74, 6) is 1.32. The molecule has 1 saturated heterocycles. The molecule has 1 aliphatic heterocycles. The average molecular weight is 383 g/mol. The summed E-state index contributed by atoms with van der Waals surface area (Å²) in [6, 6.07) is 1.94. The first-order valence-electron chi connectivity index (χ1n) is 9.51. The normalized spacial score (nSPS) is 16.1. The molecule has 0 aliphatic carbocycles. The number of rotatable bonds is 4. The van der Waals surface area contributed by atoms with Crippen LogP contribution >= 0.6 is 0 Å². The summed E-state index contributed by atoms with van der Waals surface area (Å²) >= 11 is 0. The van der Waals surface area contributed by atoms with Crippen LogP contribution in [0.15, 0.2) is 23.4 Å². The van der Waals surface area contributed by atoms with Gasteiger partial charge in [0, 0.05) is 37.0 Å². The predicted molar refractivity (Wildman–Crippen MR) is 108 cm³/mol. The van der Waals surface area contributed by atoms with E-state index in [1.54, 1.807) is 10.9 Å². The van der Waals surface area contributed by atoms with E-state index in [0.29, 0.717) is 24.1 Å². The molecule has 9 nitrogen and oxygen atoms in total. The molecule has 0 saturated carbocycles. The smallest absolute Gasteiger partial charge is 0.264 e. The Morgan fingerprint density at radius 1 is 1.21 bits per heavy atom. The van der Waals surface area contributed by atoms with Gasteiger partial charge in [0.25, 0.3) is 5.56 Å². The third-order valence-corrected chi connectivity index (χ3v) is 5.45. The lowest BCUT2D eigenvalue weighted by atomic mass is 10.0. The minimum Gasteiger partial charge on any atom is -0.382 e. The van der Waals surface area contributed by atoms with Gasteiger partial charge in [-0.1, -0.05) is 13.8 Å². The van der Waals surface area contributed by atoms with Gasteiger partial charge < -0.3 is 19.9 Å². The highest BCUT2D eigenvalue weighted by Gasteiger charge is 2.21. The van der Waals surface area contributed by atoms with Crippen molar-refractivity contribution in [1.82, 2.24) is 24.7 Å². The number of nitrogens with zero attached hydrogens (tertiary/aromatic N) is 5. The van der Waals surface area contributed by atoms with Crippen LogP contribution in [0.3, 0.4) is 0 Å². The lowest BCUT2D eigenvalue weighted by Gasteiger charge is -2.27. The van der Waals surface area contributed by atoms with Gasteiger partial charge in [0.15, 0.2) is 5.82 Å². The van der Waals surface area contributed by atoms with E-state index >= 15 is 0 Å². The second kappa shape index (κ2) is 7.23. The van der Waals surface area contributed by atoms with Crippen molar-refractivity contribution in [2.45, 2.75) is 26.8 Å². The van der Waals surface area contributed by atoms with Crippen molar-refractivity contribution in [3.63, 3.8) is 0 Å². The molecule has 1 fully saturated rings.